The Morgan fingerprint density at radius 3 is 2.86 bits per heavy atom. The van der Waals surface area contributed by atoms with Crippen molar-refractivity contribution in [2.24, 2.45) is 5.16 Å². The van der Waals surface area contributed by atoms with Gasteiger partial charge in [0, 0.05) is 17.0 Å². The number of fused-ring (bicyclic) bond motifs is 1. The van der Waals surface area contributed by atoms with Crippen LogP contribution in [0.3, 0.4) is 0 Å². The molecular weight excluding hydrogens is 376 g/mol. The SMILES string of the molecule is COc1ccc(CCNCC(O)CO/N=C2\CCCc3sccc32)cc1OC. The minimum Gasteiger partial charge on any atom is -0.493 e. The number of benzene rings is 1. The second-order valence-electron chi connectivity index (χ2n) is 6.74. The molecule has 0 spiro atoms. The second-order valence-corrected chi connectivity index (χ2v) is 7.74. The van der Waals surface area contributed by atoms with Crippen LogP contribution in [0.4, 0.5) is 0 Å². The van der Waals surface area contributed by atoms with E-state index in [1.54, 1.807) is 25.6 Å². The fraction of sp³-hybridized carbons (Fsp3) is 0.476. The quantitative estimate of drug-likeness (QED) is 0.470. The fourth-order valence-electron chi connectivity index (χ4n) is 3.23. The van der Waals surface area contributed by atoms with Gasteiger partial charge in [-0.2, -0.15) is 0 Å². The number of hydrogen-bond donors (Lipinski definition) is 2. The topological polar surface area (TPSA) is 72.3 Å². The first kappa shape index (κ1) is 20.6. The number of aryl methyl sites for hydroxylation is 1. The number of thiophene rings is 1. The van der Waals surface area contributed by atoms with Crippen molar-refractivity contribution < 1.29 is 19.4 Å². The van der Waals surface area contributed by atoms with Crippen LogP contribution in [0.25, 0.3) is 0 Å². The minimum absolute atomic E-state index is 0.187. The molecule has 7 heteroatoms. The molecule has 28 heavy (non-hydrogen) atoms. The Morgan fingerprint density at radius 2 is 2.04 bits per heavy atom. The van der Waals surface area contributed by atoms with Gasteiger partial charge in [-0.15, -0.1) is 11.3 Å². The third kappa shape index (κ3) is 5.47. The van der Waals surface area contributed by atoms with E-state index in [9.17, 15) is 5.11 Å². The van der Waals surface area contributed by atoms with E-state index in [2.05, 4.69) is 21.9 Å². The van der Waals surface area contributed by atoms with Crippen molar-refractivity contribution in [3.63, 3.8) is 0 Å². The Hall–Kier alpha value is -2.09. The van der Waals surface area contributed by atoms with Gasteiger partial charge in [0.2, 0.25) is 0 Å². The number of aliphatic hydroxyl groups is 1. The predicted octanol–water partition coefficient (Wildman–Crippen LogP) is 3.02. The minimum atomic E-state index is -0.597. The lowest BCUT2D eigenvalue weighted by molar-refractivity contribution is 0.0403. The number of nitrogens with one attached hydrogen (secondary N) is 1. The van der Waals surface area contributed by atoms with Gasteiger partial charge in [0.25, 0.3) is 0 Å². The van der Waals surface area contributed by atoms with Gasteiger partial charge in [-0.1, -0.05) is 11.2 Å². The molecule has 1 heterocycles. The number of rotatable bonds is 10. The van der Waals surface area contributed by atoms with Crippen molar-refractivity contribution in [3.05, 3.63) is 45.6 Å². The van der Waals surface area contributed by atoms with Crippen LogP contribution >= 0.6 is 11.3 Å². The second kappa shape index (κ2) is 10.5. The molecule has 0 fully saturated rings. The smallest absolute Gasteiger partial charge is 0.160 e. The van der Waals surface area contributed by atoms with Crippen molar-refractivity contribution in [1.29, 1.82) is 0 Å². The van der Waals surface area contributed by atoms with Gasteiger partial charge in [0.1, 0.15) is 12.7 Å². The Morgan fingerprint density at radius 1 is 1.18 bits per heavy atom. The highest BCUT2D eigenvalue weighted by atomic mass is 32.1. The zero-order valence-corrected chi connectivity index (χ0v) is 17.3. The van der Waals surface area contributed by atoms with E-state index < -0.39 is 6.10 Å². The van der Waals surface area contributed by atoms with E-state index in [0.29, 0.717) is 6.54 Å². The largest absolute Gasteiger partial charge is 0.493 e. The third-order valence-corrected chi connectivity index (χ3v) is 5.71. The van der Waals surface area contributed by atoms with Crippen LogP contribution in [0.2, 0.25) is 0 Å². The molecule has 1 unspecified atom stereocenters. The lowest BCUT2D eigenvalue weighted by Crippen LogP contribution is -2.31. The lowest BCUT2D eigenvalue weighted by atomic mass is 9.97. The first-order valence-electron chi connectivity index (χ1n) is 9.56. The molecule has 1 aromatic carbocycles. The molecule has 0 saturated carbocycles. The molecular formula is C21H28N2O4S. The maximum Gasteiger partial charge on any atom is 0.160 e. The fourth-order valence-corrected chi connectivity index (χ4v) is 4.18. The molecule has 152 valence electrons. The molecule has 0 radical (unpaired) electrons. The summed E-state index contributed by atoms with van der Waals surface area (Å²) in [6.07, 6.45) is 3.40. The van der Waals surface area contributed by atoms with E-state index in [4.69, 9.17) is 14.3 Å². The molecule has 0 aliphatic heterocycles. The highest BCUT2D eigenvalue weighted by molar-refractivity contribution is 7.10. The van der Waals surface area contributed by atoms with Crippen LogP contribution in [0, 0.1) is 0 Å². The molecule has 1 aromatic heterocycles. The van der Waals surface area contributed by atoms with Crippen LogP contribution in [-0.2, 0) is 17.7 Å². The number of aliphatic hydroxyl groups excluding tert-OH is 1. The van der Waals surface area contributed by atoms with Gasteiger partial charge < -0.3 is 24.7 Å². The number of hydrogen-bond acceptors (Lipinski definition) is 7. The van der Waals surface area contributed by atoms with E-state index in [-0.39, 0.29) is 6.61 Å². The van der Waals surface area contributed by atoms with Crippen molar-refractivity contribution in [1.82, 2.24) is 5.32 Å². The van der Waals surface area contributed by atoms with Gasteiger partial charge in [0.15, 0.2) is 11.5 Å². The summed E-state index contributed by atoms with van der Waals surface area (Å²) in [7, 11) is 3.26. The monoisotopic (exact) mass is 404 g/mol. The van der Waals surface area contributed by atoms with Crippen molar-refractivity contribution >= 4 is 17.0 Å². The summed E-state index contributed by atoms with van der Waals surface area (Å²) < 4.78 is 10.6. The Labute approximate surface area is 170 Å². The average molecular weight is 405 g/mol. The van der Waals surface area contributed by atoms with Crippen LogP contribution in [0.1, 0.15) is 28.8 Å². The van der Waals surface area contributed by atoms with Gasteiger partial charge in [0.05, 0.1) is 19.9 Å². The Bertz CT molecular complexity index is 790. The summed E-state index contributed by atoms with van der Waals surface area (Å²) in [5, 5.41) is 19.7. The number of oxime groups is 1. The molecule has 1 aliphatic rings. The summed E-state index contributed by atoms with van der Waals surface area (Å²) in [5.41, 5.74) is 3.35. The number of methoxy groups -OCH3 is 2. The van der Waals surface area contributed by atoms with E-state index in [1.807, 2.05) is 18.2 Å². The molecule has 1 aliphatic carbocycles. The highest BCUT2D eigenvalue weighted by Gasteiger charge is 2.17. The molecule has 1 atom stereocenters. The average Bonchev–Trinajstić information content (AvgIpc) is 3.20. The summed E-state index contributed by atoms with van der Waals surface area (Å²) in [5.74, 6) is 1.45. The normalized spacial score (nSPS) is 15.9. The zero-order chi connectivity index (χ0) is 19.8. The van der Waals surface area contributed by atoms with Gasteiger partial charge in [-0.3, -0.25) is 0 Å². The Kier molecular flexibility index (Phi) is 7.71. The van der Waals surface area contributed by atoms with Crippen LogP contribution in [0.15, 0.2) is 34.8 Å². The summed E-state index contributed by atoms with van der Waals surface area (Å²) >= 11 is 1.77. The van der Waals surface area contributed by atoms with Crippen molar-refractivity contribution in [2.45, 2.75) is 31.8 Å². The summed E-state index contributed by atoms with van der Waals surface area (Å²) in [6.45, 7) is 1.40. The summed E-state index contributed by atoms with van der Waals surface area (Å²) in [6, 6.07) is 7.99. The molecule has 2 aromatic rings. The maximum absolute atomic E-state index is 10.1. The molecule has 0 amide bonds. The third-order valence-electron chi connectivity index (χ3n) is 4.73. The highest BCUT2D eigenvalue weighted by Crippen LogP contribution is 2.28. The molecule has 3 rings (SSSR count). The zero-order valence-electron chi connectivity index (χ0n) is 16.4. The predicted molar refractivity (Wildman–Crippen MR) is 112 cm³/mol. The first-order valence-corrected chi connectivity index (χ1v) is 10.4. The molecule has 0 saturated heterocycles. The number of nitrogens with zero attached hydrogens (tertiary/aromatic N) is 1. The molecule has 0 bridgehead atoms. The van der Waals surface area contributed by atoms with E-state index in [0.717, 1.165) is 55.0 Å². The molecule has 2 N–H and O–H groups in total. The van der Waals surface area contributed by atoms with Crippen LogP contribution in [-0.4, -0.2) is 50.8 Å². The first-order chi connectivity index (χ1) is 13.7. The standard InChI is InChI=1S/C21H28N2O4S/c1-25-19-7-6-15(12-20(19)26-2)8-10-22-13-16(24)14-27-23-18-4-3-5-21-17(18)9-11-28-21/h6-7,9,11-12,16,22,24H,3-5,8,10,13-14H2,1-2H3/b23-18+. The molecule has 6 nitrogen and oxygen atoms in total. The lowest BCUT2D eigenvalue weighted by Gasteiger charge is -2.15. The Balaban J connectivity index is 1.36. The summed E-state index contributed by atoms with van der Waals surface area (Å²) in [4.78, 5) is 6.78. The van der Waals surface area contributed by atoms with Crippen LogP contribution in [0.5, 0.6) is 11.5 Å². The van der Waals surface area contributed by atoms with E-state index in [1.165, 1.54) is 10.4 Å². The van der Waals surface area contributed by atoms with Crippen LogP contribution < -0.4 is 14.8 Å². The van der Waals surface area contributed by atoms with Gasteiger partial charge in [-0.05, 0) is 61.4 Å². The van der Waals surface area contributed by atoms with Gasteiger partial charge in [-0.25, -0.2) is 0 Å². The maximum atomic E-state index is 10.1. The van der Waals surface area contributed by atoms with Crippen molar-refractivity contribution in [3.8, 4) is 11.5 Å². The van der Waals surface area contributed by atoms with Gasteiger partial charge >= 0.3 is 0 Å². The number of ether oxygens (including phenoxy) is 2. The van der Waals surface area contributed by atoms with Crippen molar-refractivity contribution in [2.75, 3.05) is 33.9 Å². The van der Waals surface area contributed by atoms with E-state index >= 15 is 0 Å².